The van der Waals surface area contributed by atoms with E-state index in [9.17, 15) is 17.6 Å². The molecule has 0 unspecified atom stereocenters. The third-order valence-electron chi connectivity index (χ3n) is 3.95. The summed E-state index contributed by atoms with van der Waals surface area (Å²) < 4.78 is 51.6. The van der Waals surface area contributed by atoms with Gasteiger partial charge in [-0.3, -0.25) is 9.10 Å². The van der Waals surface area contributed by atoms with E-state index in [2.05, 4.69) is 11.9 Å². The standard InChI is InChI=1S/C19H19FN2O5S/c1-2-9-21-19(23)13-22(15-5-3-14(20)4-6-15)28(24,25)16-7-8-17-18(12-16)27-11-10-26-17/h2-8,12H,1,9-11,13H2,(H,21,23). The number of nitrogens with zero attached hydrogens (tertiary/aromatic N) is 1. The van der Waals surface area contributed by atoms with Crippen LogP contribution >= 0.6 is 0 Å². The Bertz CT molecular complexity index is 976. The van der Waals surface area contributed by atoms with Gasteiger partial charge >= 0.3 is 0 Å². The topological polar surface area (TPSA) is 84.9 Å². The van der Waals surface area contributed by atoms with E-state index in [-0.39, 0.29) is 17.1 Å². The lowest BCUT2D eigenvalue weighted by Gasteiger charge is -2.25. The minimum absolute atomic E-state index is 0.0717. The number of nitrogens with one attached hydrogen (secondary N) is 1. The van der Waals surface area contributed by atoms with Crippen LogP contribution < -0.4 is 19.1 Å². The molecule has 1 aliphatic heterocycles. The van der Waals surface area contributed by atoms with Crippen molar-refractivity contribution in [3.8, 4) is 11.5 Å². The second-order valence-electron chi connectivity index (χ2n) is 5.89. The molecule has 1 aliphatic rings. The van der Waals surface area contributed by atoms with E-state index in [1.165, 1.54) is 36.4 Å². The molecular formula is C19H19FN2O5S. The number of benzene rings is 2. The third kappa shape index (κ3) is 4.25. The summed E-state index contributed by atoms with van der Waals surface area (Å²) in [7, 11) is -4.13. The van der Waals surface area contributed by atoms with Gasteiger partial charge in [0, 0.05) is 12.6 Å². The number of hydrogen-bond donors (Lipinski definition) is 1. The number of carbonyl (C=O) groups excluding carboxylic acids is 1. The number of halogens is 1. The summed E-state index contributed by atoms with van der Waals surface area (Å²) in [5, 5.41) is 2.54. The van der Waals surface area contributed by atoms with Crippen molar-refractivity contribution in [2.75, 3.05) is 30.6 Å². The highest BCUT2D eigenvalue weighted by molar-refractivity contribution is 7.92. The van der Waals surface area contributed by atoms with Crippen LogP contribution in [0.2, 0.25) is 0 Å². The van der Waals surface area contributed by atoms with Crippen LogP contribution in [0.4, 0.5) is 10.1 Å². The Labute approximate surface area is 162 Å². The molecule has 3 rings (SSSR count). The largest absolute Gasteiger partial charge is 0.486 e. The number of anilines is 1. The predicted octanol–water partition coefficient (Wildman–Crippen LogP) is 2.09. The molecule has 0 aliphatic carbocycles. The quantitative estimate of drug-likeness (QED) is 0.712. The van der Waals surface area contributed by atoms with Crippen molar-refractivity contribution in [2.24, 2.45) is 0 Å². The van der Waals surface area contributed by atoms with Gasteiger partial charge in [0.25, 0.3) is 10.0 Å². The van der Waals surface area contributed by atoms with Crippen LogP contribution in [0.1, 0.15) is 0 Å². The van der Waals surface area contributed by atoms with Gasteiger partial charge in [-0.2, -0.15) is 0 Å². The number of sulfonamides is 1. The summed E-state index contributed by atoms with van der Waals surface area (Å²) in [5.41, 5.74) is 0.157. The first-order chi connectivity index (χ1) is 13.4. The van der Waals surface area contributed by atoms with Gasteiger partial charge in [-0.1, -0.05) is 6.08 Å². The van der Waals surface area contributed by atoms with Crippen LogP contribution in [-0.2, 0) is 14.8 Å². The summed E-state index contributed by atoms with van der Waals surface area (Å²) in [6, 6.07) is 9.08. The molecule has 7 nitrogen and oxygen atoms in total. The minimum atomic E-state index is -4.13. The lowest BCUT2D eigenvalue weighted by atomic mass is 10.3. The maximum absolute atomic E-state index is 13.3. The van der Waals surface area contributed by atoms with Gasteiger partial charge in [0.1, 0.15) is 25.6 Å². The first kappa shape index (κ1) is 19.7. The molecule has 0 atom stereocenters. The van der Waals surface area contributed by atoms with E-state index in [1.807, 2.05) is 0 Å². The van der Waals surface area contributed by atoms with E-state index in [4.69, 9.17) is 9.47 Å². The first-order valence-electron chi connectivity index (χ1n) is 8.47. The van der Waals surface area contributed by atoms with E-state index < -0.39 is 28.3 Å². The zero-order valence-corrected chi connectivity index (χ0v) is 15.7. The van der Waals surface area contributed by atoms with Crippen LogP contribution in [-0.4, -0.2) is 40.6 Å². The smallest absolute Gasteiger partial charge is 0.264 e. The SMILES string of the molecule is C=CCNC(=O)CN(c1ccc(F)cc1)S(=O)(=O)c1ccc2c(c1)OCCO2. The highest BCUT2D eigenvalue weighted by Gasteiger charge is 2.28. The molecular weight excluding hydrogens is 387 g/mol. The third-order valence-corrected chi connectivity index (χ3v) is 5.72. The Kier molecular flexibility index (Phi) is 5.84. The summed E-state index contributed by atoms with van der Waals surface area (Å²) in [4.78, 5) is 12.1. The zero-order valence-electron chi connectivity index (χ0n) is 14.9. The van der Waals surface area contributed by atoms with Crippen LogP contribution in [0.5, 0.6) is 11.5 Å². The van der Waals surface area contributed by atoms with Crippen LogP contribution in [0.15, 0.2) is 60.0 Å². The zero-order chi connectivity index (χ0) is 20.1. The van der Waals surface area contributed by atoms with Gasteiger partial charge in [0.15, 0.2) is 11.5 Å². The molecule has 1 heterocycles. The first-order valence-corrected chi connectivity index (χ1v) is 9.91. The number of hydrogen-bond acceptors (Lipinski definition) is 5. The fourth-order valence-electron chi connectivity index (χ4n) is 2.61. The monoisotopic (exact) mass is 406 g/mol. The fraction of sp³-hybridized carbons (Fsp3) is 0.211. The van der Waals surface area contributed by atoms with E-state index >= 15 is 0 Å². The van der Waals surface area contributed by atoms with Gasteiger partial charge in [-0.15, -0.1) is 6.58 Å². The molecule has 0 saturated carbocycles. The van der Waals surface area contributed by atoms with Gasteiger partial charge in [-0.05, 0) is 36.4 Å². The highest BCUT2D eigenvalue weighted by Crippen LogP contribution is 2.34. The molecule has 148 valence electrons. The van der Waals surface area contributed by atoms with Gasteiger partial charge in [-0.25, -0.2) is 12.8 Å². The van der Waals surface area contributed by atoms with Crippen molar-refractivity contribution in [3.63, 3.8) is 0 Å². The Balaban J connectivity index is 1.98. The van der Waals surface area contributed by atoms with Crippen LogP contribution in [0, 0.1) is 5.82 Å². The number of ether oxygens (including phenoxy) is 2. The molecule has 0 spiro atoms. The number of fused-ring (bicyclic) bond motifs is 1. The van der Waals surface area contributed by atoms with Crippen molar-refractivity contribution in [3.05, 3.63) is 60.9 Å². The maximum atomic E-state index is 13.3. The van der Waals surface area contributed by atoms with Crippen LogP contribution in [0.25, 0.3) is 0 Å². The van der Waals surface area contributed by atoms with E-state index in [0.29, 0.717) is 24.7 Å². The molecule has 1 N–H and O–H groups in total. The molecule has 2 aromatic carbocycles. The maximum Gasteiger partial charge on any atom is 0.264 e. The number of amides is 1. The normalized spacial score (nSPS) is 12.9. The predicted molar refractivity (Wildman–Crippen MR) is 102 cm³/mol. The van der Waals surface area contributed by atoms with Crippen molar-refractivity contribution in [2.45, 2.75) is 4.90 Å². The molecule has 0 aromatic heterocycles. The lowest BCUT2D eigenvalue weighted by molar-refractivity contribution is -0.119. The number of carbonyl (C=O) groups is 1. The second kappa shape index (κ2) is 8.30. The Hall–Kier alpha value is -3.07. The molecule has 0 saturated heterocycles. The van der Waals surface area contributed by atoms with Crippen molar-refractivity contribution in [1.82, 2.24) is 5.32 Å². The summed E-state index contributed by atoms with van der Waals surface area (Å²) in [5.74, 6) is -0.286. The summed E-state index contributed by atoms with van der Waals surface area (Å²) in [6.45, 7) is 3.91. The van der Waals surface area contributed by atoms with Gasteiger partial charge < -0.3 is 14.8 Å². The molecule has 1 amide bonds. The lowest BCUT2D eigenvalue weighted by Crippen LogP contribution is -2.41. The van der Waals surface area contributed by atoms with E-state index in [1.54, 1.807) is 0 Å². The summed E-state index contributed by atoms with van der Waals surface area (Å²) in [6.07, 6.45) is 1.48. The Morgan fingerprint density at radius 1 is 1.14 bits per heavy atom. The Morgan fingerprint density at radius 3 is 2.50 bits per heavy atom. The Morgan fingerprint density at radius 2 is 1.82 bits per heavy atom. The highest BCUT2D eigenvalue weighted by atomic mass is 32.2. The van der Waals surface area contributed by atoms with E-state index in [0.717, 1.165) is 16.4 Å². The van der Waals surface area contributed by atoms with Crippen LogP contribution in [0.3, 0.4) is 0 Å². The molecule has 0 radical (unpaired) electrons. The molecule has 0 fully saturated rings. The number of rotatable bonds is 7. The minimum Gasteiger partial charge on any atom is -0.486 e. The van der Waals surface area contributed by atoms with Gasteiger partial charge in [0.05, 0.1) is 10.6 Å². The van der Waals surface area contributed by atoms with Crippen molar-refractivity contribution in [1.29, 1.82) is 0 Å². The molecule has 2 aromatic rings. The average Bonchev–Trinajstić information content (AvgIpc) is 2.70. The molecule has 28 heavy (non-hydrogen) atoms. The molecule has 0 bridgehead atoms. The second-order valence-corrected chi connectivity index (χ2v) is 7.75. The summed E-state index contributed by atoms with van der Waals surface area (Å²) >= 11 is 0. The van der Waals surface area contributed by atoms with Crippen molar-refractivity contribution < 1.29 is 27.1 Å². The van der Waals surface area contributed by atoms with Crippen molar-refractivity contribution >= 4 is 21.6 Å². The fourth-order valence-corrected chi connectivity index (χ4v) is 4.04. The van der Waals surface area contributed by atoms with Gasteiger partial charge in [0.2, 0.25) is 5.91 Å². The average molecular weight is 406 g/mol. The molecule has 9 heteroatoms.